The van der Waals surface area contributed by atoms with Gasteiger partial charge in [0, 0.05) is 24.3 Å². The van der Waals surface area contributed by atoms with E-state index in [9.17, 15) is 9.59 Å². The van der Waals surface area contributed by atoms with E-state index in [0.29, 0.717) is 11.1 Å². The molecule has 0 aromatic heterocycles. The monoisotopic (exact) mass is 270 g/mol. The van der Waals surface area contributed by atoms with Crippen molar-refractivity contribution in [2.24, 2.45) is 0 Å². The molecular weight excluding hydrogens is 256 g/mol. The van der Waals surface area contributed by atoms with E-state index in [0.717, 1.165) is 12.0 Å². The minimum absolute atomic E-state index is 0.114. The van der Waals surface area contributed by atoms with Crippen LogP contribution < -0.4 is 10.3 Å². The number of benzene rings is 1. The molecule has 2 N–H and O–H groups in total. The van der Waals surface area contributed by atoms with Crippen molar-refractivity contribution in [2.45, 2.75) is 26.9 Å². The van der Waals surface area contributed by atoms with Crippen LogP contribution in [0.5, 0.6) is 0 Å². The van der Waals surface area contributed by atoms with Gasteiger partial charge < -0.3 is 0 Å². The van der Waals surface area contributed by atoms with Crippen LogP contribution in [-0.2, 0) is 22.7 Å². The summed E-state index contributed by atoms with van der Waals surface area (Å²) in [6.07, 6.45) is 0.752. The molecular formula is C12H15ClN2O3. The Bertz CT molecular complexity index is 449. The second-order valence-electron chi connectivity index (χ2n) is 3.67. The molecule has 1 rings (SSSR count). The van der Waals surface area contributed by atoms with Gasteiger partial charge in [0.2, 0.25) is 5.91 Å². The van der Waals surface area contributed by atoms with Gasteiger partial charge in [0.1, 0.15) is 6.61 Å². The van der Waals surface area contributed by atoms with E-state index in [1.54, 1.807) is 12.1 Å². The summed E-state index contributed by atoms with van der Waals surface area (Å²) in [6, 6.07) is 5.34. The molecule has 2 amide bonds. The van der Waals surface area contributed by atoms with Crippen molar-refractivity contribution in [3.63, 3.8) is 0 Å². The Balaban J connectivity index is 2.96. The quantitative estimate of drug-likeness (QED) is 0.632. The number of nitrogens with one attached hydrogen (secondary N) is 2. The van der Waals surface area contributed by atoms with Crippen LogP contribution in [0.1, 0.15) is 35.3 Å². The molecule has 0 fully saturated rings. The van der Waals surface area contributed by atoms with Crippen LogP contribution in [0.3, 0.4) is 0 Å². The molecule has 18 heavy (non-hydrogen) atoms. The molecule has 0 bridgehead atoms. The molecule has 0 aliphatic carbocycles. The first-order valence-corrected chi connectivity index (χ1v) is 5.88. The van der Waals surface area contributed by atoms with Gasteiger partial charge in [-0.15, -0.1) is 0 Å². The molecule has 0 saturated carbocycles. The molecule has 0 atom stereocenters. The average molecular weight is 271 g/mol. The largest absolute Gasteiger partial charge is 0.273 e. The summed E-state index contributed by atoms with van der Waals surface area (Å²) < 4.78 is 0. The molecule has 0 spiro atoms. The Morgan fingerprint density at radius 3 is 2.67 bits per heavy atom. The van der Waals surface area contributed by atoms with Crippen molar-refractivity contribution in [3.05, 3.63) is 34.9 Å². The number of halogens is 1. The molecule has 0 heterocycles. The normalized spacial score (nSPS) is 9.94. The summed E-state index contributed by atoms with van der Waals surface area (Å²) >= 11 is 5.33. The Morgan fingerprint density at radius 1 is 1.39 bits per heavy atom. The maximum atomic E-state index is 11.6. The van der Waals surface area contributed by atoms with Crippen LogP contribution in [0.25, 0.3) is 0 Å². The third kappa shape index (κ3) is 3.72. The van der Waals surface area contributed by atoms with Gasteiger partial charge in [-0.3, -0.25) is 19.3 Å². The first kappa shape index (κ1) is 14.5. The van der Waals surface area contributed by atoms with E-state index in [1.165, 1.54) is 6.92 Å². The lowest BCUT2D eigenvalue weighted by Crippen LogP contribution is -2.22. The minimum atomic E-state index is -0.395. The number of amides is 2. The predicted molar refractivity (Wildman–Crippen MR) is 67.7 cm³/mol. The lowest BCUT2D eigenvalue weighted by atomic mass is 9.99. The molecule has 0 aliphatic rings. The lowest BCUT2D eigenvalue weighted by molar-refractivity contribution is -0.132. The van der Waals surface area contributed by atoms with Gasteiger partial charge in [-0.05, 0) is 23.6 Å². The highest BCUT2D eigenvalue weighted by molar-refractivity contribution is 6.24. The molecule has 6 heteroatoms. The highest BCUT2D eigenvalue weighted by Crippen LogP contribution is 2.17. The highest BCUT2D eigenvalue weighted by atomic mass is 35.5. The van der Waals surface area contributed by atoms with Crippen LogP contribution >= 0.6 is 11.8 Å². The zero-order valence-electron chi connectivity index (χ0n) is 10.2. The SMILES string of the molecule is CCc1cccc(C(=O)NCl)c1CONC(C)=O. The van der Waals surface area contributed by atoms with E-state index >= 15 is 0 Å². The number of aryl methyl sites for hydroxylation is 1. The van der Waals surface area contributed by atoms with Crippen molar-refractivity contribution in [1.29, 1.82) is 0 Å². The van der Waals surface area contributed by atoms with Gasteiger partial charge in [0.25, 0.3) is 5.91 Å². The smallest absolute Gasteiger partial charge is 0.265 e. The zero-order valence-corrected chi connectivity index (χ0v) is 11.0. The van der Waals surface area contributed by atoms with Gasteiger partial charge in [-0.25, -0.2) is 5.48 Å². The maximum Gasteiger partial charge on any atom is 0.265 e. The highest BCUT2D eigenvalue weighted by Gasteiger charge is 2.13. The van der Waals surface area contributed by atoms with Crippen LogP contribution in [0.4, 0.5) is 0 Å². The molecule has 5 nitrogen and oxygen atoms in total. The molecule has 98 valence electrons. The molecule has 0 radical (unpaired) electrons. The Labute approximate surface area is 111 Å². The Hall–Kier alpha value is -1.59. The summed E-state index contributed by atoms with van der Waals surface area (Å²) in [4.78, 5) is 29.4. The fraction of sp³-hybridized carbons (Fsp3) is 0.333. The summed E-state index contributed by atoms with van der Waals surface area (Å²) in [7, 11) is 0. The van der Waals surface area contributed by atoms with Gasteiger partial charge in [0.15, 0.2) is 0 Å². The van der Waals surface area contributed by atoms with Crippen molar-refractivity contribution in [3.8, 4) is 0 Å². The van der Waals surface area contributed by atoms with Crippen molar-refractivity contribution < 1.29 is 14.4 Å². The molecule has 1 aromatic rings. The van der Waals surface area contributed by atoms with Gasteiger partial charge in [-0.1, -0.05) is 19.1 Å². The summed E-state index contributed by atoms with van der Waals surface area (Å²) in [5, 5.41) is 0. The minimum Gasteiger partial charge on any atom is -0.273 e. The molecule has 1 aromatic carbocycles. The predicted octanol–water partition coefficient (Wildman–Crippen LogP) is 1.70. The number of hydrogen-bond acceptors (Lipinski definition) is 3. The van der Waals surface area contributed by atoms with E-state index in [-0.39, 0.29) is 12.5 Å². The Kier molecular flexibility index (Phi) is 5.61. The topological polar surface area (TPSA) is 67.4 Å². The fourth-order valence-corrected chi connectivity index (χ4v) is 1.71. The van der Waals surface area contributed by atoms with Gasteiger partial charge >= 0.3 is 0 Å². The van der Waals surface area contributed by atoms with E-state index in [4.69, 9.17) is 16.6 Å². The number of carbonyl (C=O) groups excluding carboxylic acids is 2. The molecule has 0 unspecified atom stereocenters. The summed E-state index contributed by atoms with van der Waals surface area (Å²) in [6.45, 7) is 3.43. The Morgan fingerprint density at radius 2 is 2.11 bits per heavy atom. The van der Waals surface area contributed by atoms with Gasteiger partial charge in [0.05, 0.1) is 0 Å². The van der Waals surface area contributed by atoms with Crippen LogP contribution in [0.15, 0.2) is 18.2 Å². The zero-order chi connectivity index (χ0) is 13.5. The standard InChI is InChI=1S/C12H15ClN2O3/c1-3-9-5-4-6-10(12(17)14-13)11(9)7-18-15-8(2)16/h4-6H,3,7H2,1-2H3,(H,14,17)(H,15,16). The number of carbonyl (C=O) groups is 2. The van der Waals surface area contributed by atoms with E-state index in [2.05, 4.69) is 10.3 Å². The van der Waals surface area contributed by atoms with E-state index in [1.807, 2.05) is 13.0 Å². The average Bonchev–Trinajstić information content (AvgIpc) is 2.37. The fourth-order valence-electron chi connectivity index (χ4n) is 1.61. The van der Waals surface area contributed by atoms with Crippen LogP contribution in [0, 0.1) is 0 Å². The number of hydrogen-bond donors (Lipinski definition) is 2. The first-order chi connectivity index (χ1) is 8.60. The van der Waals surface area contributed by atoms with E-state index < -0.39 is 5.91 Å². The maximum absolute atomic E-state index is 11.6. The third-order valence-corrected chi connectivity index (χ3v) is 2.59. The van der Waals surface area contributed by atoms with Crippen molar-refractivity contribution >= 4 is 23.6 Å². The summed E-state index contributed by atoms with van der Waals surface area (Å²) in [5.74, 6) is -0.694. The van der Waals surface area contributed by atoms with Crippen molar-refractivity contribution in [2.75, 3.05) is 0 Å². The lowest BCUT2D eigenvalue weighted by Gasteiger charge is -2.12. The van der Waals surface area contributed by atoms with Crippen LogP contribution in [-0.4, -0.2) is 11.8 Å². The number of hydroxylamine groups is 1. The first-order valence-electron chi connectivity index (χ1n) is 5.50. The summed E-state index contributed by atoms with van der Waals surface area (Å²) in [5.41, 5.74) is 4.35. The number of rotatable bonds is 5. The molecule has 0 saturated heterocycles. The second kappa shape index (κ2) is 6.98. The second-order valence-corrected chi connectivity index (χ2v) is 3.86. The van der Waals surface area contributed by atoms with Crippen molar-refractivity contribution in [1.82, 2.24) is 10.3 Å². The molecule has 0 aliphatic heterocycles. The third-order valence-electron chi connectivity index (χ3n) is 2.42. The van der Waals surface area contributed by atoms with Gasteiger partial charge in [-0.2, -0.15) is 0 Å². The van der Waals surface area contributed by atoms with Crippen LogP contribution in [0.2, 0.25) is 0 Å².